The summed E-state index contributed by atoms with van der Waals surface area (Å²) in [7, 11) is 0. The van der Waals surface area contributed by atoms with Gasteiger partial charge in [0.1, 0.15) is 0 Å². The number of aliphatic hydroxyl groups is 2. The molecule has 0 spiro atoms. The predicted molar refractivity (Wildman–Crippen MR) is 63.3 cm³/mol. The number of ether oxygens (including phenoxy) is 1. The maximum Gasteiger partial charge on any atom is 0.339 e. The van der Waals surface area contributed by atoms with Gasteiger partial charge in [-0.2, -0.15) is 0 Å². The molecular formula is C11H22O7Ti. The maximum atomic E-state index is 10.8. The van der Waals surface area contributed by atoms with E-state index in [0.717, 1.165) is 0 Å². The van der Waals surface area contributed by atoms with Crippen LogP contribution in [0.3, 0.4) is 0 Å². The number of aliphatic hydroxyl groups excluding tert-OH is 2. The molecule has 0 aliphatic rings. The number of hydrogen-bond donors (Lipinski definition) is 4. The second kappa shape index (κ2) is 11.4. The smallest absolute Gasteiger partial charge is 0.339 e. The Balaban J connectivity index is -0.000000448. The molecule has 7 nitrogen and oxygen atoms in total. The average molecular weight is 314 g/mol. The van der Waals surface area contributed by atoms with E-state index in [-0.39, 0.29) is 40.8 Å². The minimum absolute atomic E-state index is 0. The molecule has 8 heteroatoms. The van der Waals surface area contributed by atoms with Gasteiger partial charge in [-0.15, -0.1) is 0 Å². The minimum atomic E-state index is -2.06. The van der Waals surface area contributed by atoms with E-state index in [4.69, 9.17) is 20.1 Å². The zero-order chi connectivity index (χ0) is 14.9. The molecule has 2 atom stereocenters. The summed E-state index contributed by atoms with van der Waals surface area (Å²) in [5.74, 6) is -3.08. The topological polar surface area (TPSA) is 124 Å². The standard InChI is InChI=1S/C8H14O6.C3H8O.Ti/c1-3-8(7(12)13,14-4-2)5(9)6(10)11;1-3(2)4;/h5,9H,3-4H2,1-2H3,(H,10,11)(H,12,13);3-4H,1-2H3;. The van der Waals surface area contributed by atoms with Gasteiger partial charge in [0, 0.05) is 34.4 Å². The number of aliphatic carboxylic acids is 2. The Bertz CT molecular complexity index is 267. The molecule has 0 rings (SSSR count). The molecule has 0 radical (unpaired) electrons. The van der Waals surface area contributed by atoms with Crippen LogP contribution in [-0.2, 0) is 36.0 Å². The van der Waals surface area contributed by atoms with Crippen LogP contribution in [0.1, 0.15) is 34.1 Å². The molecule has 0 aliphatic carbocycles. The Morgan fingerprint density at radius 2 is 1.53 bits per heavy atom. The van der Waals surface area contributed by atoms with Gasteiger partial charge in [0.15, 0.2) is 6.10 Å². The summed E-state index contributed by atoms with van der Waals surface area (Å²) in [6, 6.07) is 0. The van der Waals surface area contributed by atoms with Crippen LogP contribution in [-0.4, -0.2) is 56.8 Å². The van der Waals surface area contributed by atoms with Crippen molar-refractivity contribution in [3.63, 3.8) is 0 Å². The first-order valence-corrected chi connectivity index (χ1v) is 5.61. The van der Waals surface area contributed by atoms with Crippen LogP contribution in [0.15, 0.2) is 0 Å². The van der Waals surface area contributed by atoms with Gasteiger partial charge in [0.2, 0.25) is 5.60 Å². The summed E-state index contributed by atoms with van der Waals surface area (Å²) < 4.78 is 4.83. The average Bonchev–Trinajstić information content (AvgIpc) is 2.23. The van der Waals surface area contributed by atoms with Gasteiger partial charge in [-0.3, -0.25) is 0 Å². The molecule has 112 valence electrons. The van der Waals surface area contributed by atoms with Gasteiger partial charge in [-0.25, -0.2) is 9.59 Å². The Kier molecular flexibility index (Phi) is 14.1. The van der Waals surface area contributed by atoms with Crippen LogP contribution in [0.2, 0.25) is 0 Å². The monoisotopic (exact) mass is 314 g/mol. The fourth-order valence-electron chi connectivity index (χ4n) is 1.16. The molecule has 0 aromatic heterocycles. The van der Waals surface area contributed by atoms with Gasteiger partial charge in [0.05, 0.1) is 0 Å². The van der Waals surface area contributed by atoms with Crippen molar-refractivity contribution in [3.05, 3.63) is 0 Å². The summed E-state index contributed by atoms with van der Waals surface area (Å²) in [4.78, 5) is 21.3. The zero-order valence-electron chi connectivity index (χ0n) is 11.6. The zero-order valence-corrected chi connectivity index (χ0v) is 13.1. The third kappa shape index (κ3) is 8.33. The van der Waals surface area contributed by atoms with Crippen molar-refractivity contribution in [2.45, 2.75) is 51.9 Å². The maximum absolute atomic E-state index is 10.8. The third-order valence-corrected chi connectivity index (χ3v) is 1.96. The molecule has 0 saturated carbocycles. The Hall–Kier alpha value is -0.466. The van der Waals surface area contributed by atoms with E-state index in [1.54, 1.807) is 13.8 Å². The van der Waals surface area contributed by atoms with E-state index in [1.807, 2.05) is 0 Å². The first-order chi connectivity index (χ1) is 8.15. The summed E-state index contributed by atoms with van der Waals surface area (Å²) in [5, 5.41) is 34.6. The van der Waals surface area contributed by atoms with Gasteiger partial charge < -0.3 is 25.2 Å². The van der Waals surface area contributed by atoms with Crippen molar-refractivity contribution in [3.8, 4) is 0 Å². The van der Waals surface area contributed by atoms with E-state index in [2.05, 4.69) is 0 Å². The molecule has 0 aliphatic heterocycles. The normalized spacial score (nSPS) is 14.5. The largest absolute Gasteiger partial charge is 0.479 e. The summed E-state index contributed by atoms with van der Waals surface area (Å²) in [6.45, 7) is 6.43. The van der Waals surface area contributed by atoms with E-state index in [1.165, 1.54) is 13.8 Å². The predicted octanol–water partition coefficient (Wildman–Crippen LogP) is 0.0864. The van der Waals surface area contributed by atoms with Crippen LogP contribution in [0.25, 0.3) is 0 Å². The fourth-order valence-corrected chi connectivity index (χ4v) is 1.16. The van der Waals surface area contributed by atoms with Crippen molar-refractivity contribution in [1.29, 1.82) is 0 Å². The van der Waals surface area contributed by atoms with Crippen molar-refractivity contribution in [2.24, 2.45) is 0 Å². The molecule has 0 saturated heterocycles. The van der Waals surface area contributed by atoms with Crippen LogP contribution in [0.4, 0.5) is 0 Å². The van der Waals surface area contributed by atoms with Crippen molar-refractivity contribution < 1.29 is 56.5 Å². The number of hydrogen-bond acceptors (Lipinski definition) is 5. The van der Waals surface area contributed by atoms with Crippen molar-refractivity contribution in [2.75, 3.05) is 6.61 Å². The summed E-state index contributed by atoms with van der Waals surface area (Å²) >= 11 is 0. The molecule has 0 aromatic rings. The third-order valence-electron chi connectivity index (χ3n) is 1.96. The molecule has 0 fully saturated rings. The molecule has 4 N–H and O–H groups in total. The van der Waals surface area contributed by atoms with Crippen molar-refractivity contribution in [1.82, 2.24) is 0 Å². The summed E-state index contributed by atoms with van der Waals surface area (Å²) in [5.41, 5.74) is -2.05. The molecule has 0 amide bonds. The van der Waals surface area contributed by atoms with Crippen LogP contribution < -0.4 is 0 Å². The molecule has 19 heavy (non-hydrogen) atoms. The van der Waals surface area contributed by atoms with Gasteiger partial charge in [-0.1, -0.05) is 6.92 Å². The fraction of sp³-hybridized carbons (Fsp3) is 0.818. The number of carboxylic acid groups (broad SMARTS) is 2. The Morgan fingerprint density at radius 1 is 1.16 bits per heavy atom. The van der Waals surface area contributed by atoms with E-state index in [0.29, 0.717) is 0 Å². The number of carbonyl (C=O) groups is 2. The number of rotatable bonds is 6. The van der Waals surface area contributed by atoms with Crippen LogP contribution >= 0.6 is 0 Å². The Morgan fingerprint density at radius 3 is 1.68 bits per heavy atom. The first kappa shape index (κ1) is 23.6. The molecule has 0 bridgehead atoms. The van der Waals surface area contributed by atoms with E-state index in [9.17, 15) is 14.7 Å². The molecule has 2 unspecified atom stereocenters. The molecule has 0 heterocycles. The van der Waals surface area contributed by atoms with Gasteiger partial charge >= 0.3 is 11.9 Å². The van der Waals surface area contributed by atoms with Crippen LogP contribution in [0, 0.1) is 0 Å². The quantitative estimate of drug-likeness (QED) is 0.512. The summed E-state index contributed by atoms with van der Waals surface area (Å²) in [6.07, 6.45) is -2.35. The van der Waals surface area contributed by atoms with Gasteiger partial charge in [-0.05, 0) is 27.2 Å². The minimum Gasteiger partial charge on any atom is -0.479 e. The van der Waals surface area contributed by atoms with Crippen molar-refractivity contribution >= 4 is 11.9 Å². The first-order valence-electron chi connectivity index (χ1n) is 5.61. The molecular weight excluding hydrogens is 292 g/mol. The molecule has 0 aromatic carbocycles. The second-order valence-corrected chi connectivity index (χ2v) is 3.82. The number of carboxylic acids is 2. The Labute approximate surface area is 127 Å². The van der Waals surface area contributed by atoms with Crippen LogP contribution in [0.5, 0.6) is 0 Å². The van der Waals surface area contributed by atoms with Gasteiger partial charge in [0.25, 0.3) is 0 Å². The van der Waals surface area contributed by atoms with E-state index < -0.39 is 23.6 Å². The van der Waals surface area contributed by atoms with E-state index >= 15 is 0 Å². The second-order valence-electron chi connectivity index (χ2n) is 3.82. The SMILES string of the molecule is CC(C)O.CCOC(CC)(C(=O)O)C(O)C(=O)O.[Ti].